The number of carbonyl (C=O) groups is 2. The molecule has 144 valence electrons. The second kappa shape index (κ2) is 9.75. The van der Waals surface area contributed by atoms with Gasteiger partial charge in [0, 0.05) is 45.0 Å². The summed E-state index contributed by atoms with van der Waals surface area (Å²) in [6.45, 7) is 3.20. The van der Waals surface area contributed by atoms with Gasteiger partial charge in [-0.2, -0.15) is 5.10 Å². The topological polar surface area (TPSA) is 79.3 Å². The van der Waals surface area contributed by atoms with Gasteiger partial charge in [0.2, 0.25) is 5.91 Å². The summed E-state index contributed by atoms with van der Waals surface area (Å²) in [6, 6.07) is 9.70. The SMILES string of the molecule is O=C(NCCC(=O)N1CCCCC1)NCc1cccc(Cn2cccn2)c1. The molecule has 0 unspecified atom stereocenters. The molecule has 2 N–H and O–H groups in total. The van der Waals surface area contributed by atoms with Crippen molar-refractivity contribution < 1.29 is 9.59 Å². The van der Waals surface area contributed by atoms with Crippen LogP contribution in [0.15, 0.2) is 42.7 Å². The van der Waals surface area contributed by atoms with Crippen molar-refractivity contribution in [3.05, 3.63) is 53.9 Å². The minimum absolute atomic E-state index is 0.126. The third-order valence-electron chi connectivity index (χ3n) is 4.68. The van der Waals surface area contributed by atoms with E-state index >= 15 is 0 Å². The van der Waals surface area contributed by atoms with Gasteiger partial charge in [-0.3, -0.25) is 9.48 Å². The predicted octanol–water partition coefficient (Wildman–Crippen LogP) is 2.13. The van der Waals surface area contributed by atoms with Gasteiger partial charge < -0.3 is 15.5 Å². The minimum Gasteiger partial charge on any atom is -0.343 e. The van der Waals surface area contributed by atoms with Crippen molar-refractivity contribution >= 4 is 11.9 Å². The summed E-state index contributed by atoms with van der Waals surface area (Å²) in [5.41, 5.74) is 2.16. The molecule has 7 heteroatoms. The molecule has 3 rings (SSSR count). The van der Waals surface area contributed by atoms with E-state index in [-0.39, 0.29) is 11.9 Å². The molecule has 0 atom stereocenters. The first-order chi connectivity index (χ1) is 13.2. The van der Waals surface area contributed by atoms with Crippen molar-refractivity contribution in [2.75, 3.05) is 19.6 Å². The number of nitrogens with zero attached hydrogens (tertiary/aromatic N) is 3. The van der Waals surface area contributed by atoms with E-state index in [4.69, 9.17) is 0 Å². The summed E-state index contributed by atoms with van der Waals surface area (Å²) in [7, 11) is 0. The molecule has 0 bridgehead atoms. The lowest BCUT2D eigenvalue weighted by atomic mass is 10.1. The van der Waals surface area contributed by atoms with Crippen molar-refractivity contribution in [3.8, 4) is 0 Å². The van der Waals surface area contributed by atoms with Crippen LogP contribution in [0.3, 0.4) is 0 Å². The van der Waals surface area contributed by atoms with E-state index in [9.17, 15) is 9.59 Å². The van der Waals surface area contributed by atoms with Gasteiger partial charge in [-0.05, 0) is 36.5 Å². The number of nitrogens with one attached hydrogen (secondary N) is 2. The zero-order valence-corrected chi connectivity index (χ0v) is 15.6. The van der Waals surface area contributed by atoms with Crippen LogP contribution in [0.5, 0.6) is 0 Å². The number of urea groups is 1. The van der Waals surface area contributed by atoms with Gasteiger partial charge in [0.15, 0.2) is 0 Å². The molecule has 27 heavy (non-hydrogen) atoms. The van der Waals surface area contributed by atoms with Crippen molar-refractivity contribution in [2.24, 2.45) is 0 Å². The number of rotatable bonds is 7. The maximum atomic E-state index is 12.1. The Morgan fingerprint density at radius 1 is 1.04 bits per heavy atom. The molecule has 1 aromatic heterocycles. The first-order valence-electron chi connectivity index (χ1n) is 9.55. The third-order valence-corrected chi connectivity index (χ3v) is 4.68. The van der Waals surface area contributed by atoms with Crippen LogP contribution in [0.1, 0.15) is 36.8 Å². The molecule has 1 fully saturated rings. The molecule has 1 saturated heterocycles. The summed E-state index contributed by atoms with van der Waals surface area (Å²) in [5, 5.41) is 9.81. The number of hydrogen-bond acceptors (Lipinski definition) is 3. The second-order valence-corrected chi connectivity index (χ2v) is 6.82. The monoisotopic (exact) mass is 369 g/mol. The van der Waals surface area contributed by atoms with E-state index in [1.807, 2.05) is 40.0 Å². The molecule has 7 nitrogen and oxygen atoms in total. The number of hydrogen-bond donors (Lipinski definition) is 2. The van der Waals surface area contributed by atoms with Crippen LogP contribution in [-0.2, 0) is 17.9 Å². The van der Waals surface area contributed by atoms with Gasteiger partial charge in [-0.1, -0.05) is 24.3 Å². The highest BCUT2D eigenvalue weighted by Gasteiger charge is 2.16. The smallest absolute Gasteiger partial charge is 0.315 e. The molecule has 0 radical (unpaired) electrons. The summed E-state index contributed by atoms with van der Waals surface area (Å²) in [6.07, 6.45) is 7.40. The Labute approximate surface area is 159 Å². The van der Waals surface area contributed by atoms with E-state index in [2.05, 4.69) is 21.8 Å². The Balaban J connectivity index is 1.37. The van der Waals surface area contributed by atoms with Crippen LogP contribution < -0.4 is 10.6 Å². The first-order valence-corrected chi connectivity index (χ1v) is 9.55. The largest absolute Gasteiger partial charge is 0.343 e. The van der Waals surface area contributed by atoms with E-state index in [0.29, 0.717) is 26.1 Å². The maximum absolute atomic E-state index is 12.1. The summed E-state index contributed by atoms with van der Waals surface area (Å²) >= 11 is 0. The van der Waals surface area contributed by atoms with E-state index in [1.165, 1.54) is 6.42 Å². The van der Waals surface area contributed by atoms with Crippen LogP contribution in [-0.4, -0.2) is 46.3 Å². The highest BCUT2D eigenvalue weighted by Crippen LogP contribution is 2.09. The fourth-order valence-corrected chi connectivity index (χ4v) is 3.25. The number of benzene rings is 1. The number of aromatic nitrogens is 2. The van der Waals surface area contributed by atoms with Crippen molar-refractivity contribution in [1.29, 1.82) is 0 Å². The Bertz CT molecular complexity index is 739. The van der Waals surface area contributed by atoms with E-state index < -0.39 is 0 Å². The van der Waals surface area contributed by atoms with Gasteiger partial charge in [0.25, 0.3) is 0 Å². The van der Waals surface area contributed by atoms with Gasteiger partial charge in [-0.15, -0.1) is 0 Å². The van der Waals surface area contributed by atoms with Crippen molar-refractivity contribution in [1.82, 2.24) is 25.3 Å². The third kappa shape index (κ3) is 6.13. The molecule has 0 aliphatic carbocycles. The normalized spacial score (nSPS) is 14.0. The van der Waals surface area contributed by atoms with Gasteiger partial charge in [-0.25, -0.2) is 4.79 Å². The molecule has 0 saturated carbocycles. The number of likely N-dealkylation sites (tertiary alicyclic amines) is 1. The zero-order valence-electron chi connectivity index (χ0n) is 15.6. The zero-order chi connectivity index (χ0) is 18.9. The molecule has 1 aliphatic rings. The maximum Gasteiger partial charge on any atom is 0.315 e. The number of carbonyl (C=O) groups excluding carboxylic acids is 2. The van der Waals surface area contributed by atoms with E-state index in [1.54, 1.807) is 6.20 Å². The Hall–Kier alpha value is -2.83. The number of amides is 3. The second-order valence-electron chi connectivity index (χ2n) is 6.82. The van der Waals surface area contributed by atoms with Gasteiger partial charge in [0.05, 0.1) is 6.54 Å². The highest BCUT2D eigenvalue weighted by atomic mass is 16.2. The molecule has 0 spiro atoms. The molecule has 1 aliphatic heterocycles. The average Bonchev–Trinajstić information content (AvgIpc) is 3.20. The standard InChI is InChI=1S/C20H27N5O2/c26-19(24-11-2-1-3-12-24)8-10-21-20(27)22-15-17-6-4-7-18(14-17)16-25-13-5-9-23-25/h4-7,9,13-14H,1-3,8,10-12,15-16H2,(H2,21,22,27). The fourth-order valence-electron chi connectivity index (χ4n) is 3.25. The Morgan fingerprint density at radius 3 is 2.63 bits per heavy atom. The molecule has 3 amide bonds. The molecular formula is C20H27N5O2. The highest BCUT2D eigenvalue weighted by molar-refractivity contribution is 5.78. The minimum atomic E-state index is -0.251. The van der Waals surface area contributed by atoms with Crippen LogP contribution in [0.25, 0.3) is 0 Å². The lowest BCUT2D eigenvalue weighted by Gasteiger charge is -2.26. The van der Waals surface area contributed by atoms with Crippen molar-refractivity contribution in [3.63, 3.8) is 0 Å². The molecule has 2 heterocycles. The molecule has 1 aromatic carbocycles. The van der Waals surface area contributed by atoms with Crippen LogP contribution in [0.2, 0.25) is 0 Å². The van der Waals surface area contributed by atoms with Gasteiger partial charge in [0.1, 0.15) is 0 Å². The van der Waals surface area contributed by atoms with Crippen LogP contribution in [0, 0.1) is 0 Å². The first kappa shape index (κ1) is 18.9. The summed E-state index contributed by atoms with van der Waals surface area (Å²) in [4.78, 5) is 25.9. The predicted molar refractivity (Wildman–Crippen MR) is 103 cm³/mol. The lowest BCUT2D eigenvalue weighted by Crippen LogP contribution is -2.40. The van der Waals surface area contributed by atoms with Crippen molar-refractivity contribution in [2.45, 2.75) is 38.8 Å². The van der Waals surface area contributed by atoms with Gasteiger partial charge >= 0.3 is 6.03 Å². The summed E-state index contributed by atoms with van der Waals surface area (Å²) < 4.78 is 1.86. The van der Waals surface area contributed by atoms with Crippen LogP contribution in [0.4, 0.5) is 4.79 Å². The summed E-state index contributed by atoms with van der Waals surface area (Å²) in [5.74, 6) is 0.126. The number of piperidine rings is 1. The Kier molecular flexibility index (Phi) is 6.84. The average molecular weight is 369 g/mol. The molecular weight excluding hydrogens is 342 g/mol. The molecule has 2 aromatic rings. The quantitative estimate of drug-likeness (QED) is 0.785. The Morgan fingerprint density at radius 2 is 1.85 bits per heavy atom. The van der Waals surface area contributed by atoms with Crippen LogP contribution >= 0.6 is 0 Å². The van der Waals surface area contributed by atoms with E-state index in [0.717, 1.165) is 37.1 Å². The fraction of sp³-hybridized carbons (Fsp3) is 0.450. The lowest BCUT2D eigenvalue weighted by molar-refractivity contribution is -0.131.